The zero-order valence-electron chi connectivity index (χ0n) is 14.8. The smallest absolute Gasteiger partial charge is 0.0752 e. The highest BCUT2D eigenvalue weighted by atomic mass is 16.5. The lowest BCUT2D eigenvalue weighted by molar-refractivity contribution is -0.177. The number of fused-ring (bicyclic) bond motifs is 1. The second-order valence-corrected chi connectivity index (χ2v) is 8.71. The molecule has 0 N–H and O–H groups in total. The van der Waals surface area contributed by atoms with Crippen molar-refractivity contribution in [1.29, 1.82) is 0 Å². The Morgan fingerprint density at radius 3 is 2.33 bits per heavy atom. The summed E-state index contributed by atoms with van der Waals surface area (Å²) in [6.07, 6.45) is 14.1. The van der Waals surface area contributed by atoms with Crippen LogP contribution in [0.3, 0.4) is 0 Å². The van der Waals surface area contributed by atoms with Crippen LogP contribution in [-0.4, -0.2) is 11.2 Å². The van der Waals surface area contributed by atoms with E-state index in [9.17, 15) is 0 Å². The molecular weight excluding hydrogens is 256 g/mol. The summed E-state index contributed by atoms with van der Waals surface area (Å²) in [5, 5.41) is 0. The maximum Gasteiger partial charge on any atom is 0.0752 e. The summed E-state index contributed by atoms with van der Waals surface area (Å²) in [7, 11) is 0. The Balaban J connectivity index is 1.88. The molecule has 0 aromatic heterocycles. The number of hydrogen-bond donors (Lipinski definition) is 0. The highest BCUT2D eigenvalue weighted by Crippen LogP contribution is 2.62. The molecule has 1 spiro atoms. The molecule has 0 radical (unpaired) electrons. The van der Waals surface area contributed by atoms with Crippen LogP contribution in [0.25, 0.3) is 0 Å². The summed E-state index contributed by atoms with van der Waals surface area (Å²) < 4.78 is 6.95. The van der Waals surface area contributed by atoms with E-state index in [-0.39, 0.29) is 11.2 Å². The molecule has 0 amide bonds. The molecule has 122 valence electrons. The highest BCUT2D eigenvalue weighted by Gasteiger charge is 2.62. The third kappa shape index (κ3) is 2.58. The molecule has 1 saturated heterocycles. The first-order valence-corrected chi connectivity index (χ1v) is 9.73. The Labute approximate surface area is 132 Å². The third-order valence-electron chi connectivity index (χ3n) is 7.17. The Morgan fingerprint density at radius 2 is 1.62 bits per heavy atom. The van der Waals surface area contributed by atoms with E-state index in [1.807, 2.05) is 0 Å². The van der Waals surface area contributed by atoms with Crippen LogP contribution in [0.2, 0.25) is 0 Å². The van der Waals surface area contributed by atoms with Crippen LogP contribution in [0.4, 0.5) is 0 Å². The largest absolute Gasteiger partial charge is 0.368 e. The summed E-state index contributed by atoms with van der Waals surface area (Å²) in [6, 6.07) is 0. The molecule has 1 heteroatoms. The SMILES string of the molecule is CCCCC1C(CCC)CCC2CCC3CC21OC3(C)C. The van der Waals surface area contributed by atoms with Gasteiger partial charge in [0.2, 0.25) is 0 Å². The van der Waals surface area contributed by atoms with Gasteiger partial charge in [-0.2, -0.15) is 0 Å². The van der Waals surface area contributed by atoms with E-state index in [0.717, 1.165) is 23.7 Å². The minimum atomic E-state index is 0.132. The van der Waals surface area contributed by atoms with E-state index in [1.165, 1.54) is 64.2 Å². The summed E-state index contributed by atoms with van der Waals surface area (Å²) in [4.78, 5) is 0. The minimum absolute atomic E-state index is 0.132. The van der Waals surface area contributed by atoms with Gasteiger partial charge in [0.1, 0.15) is 0 Å². The normalized spacial score (nSPS) is 44.6. The maximum atomic E-state index is 6.95. The van der Waals surface area contributed by atoms with E-state index in [0.29, 0.717) is 0 Å². The van der Waals surface area contributed by atoms with E-state index in [1.54, 1.807) is 0 Å². The zero-order chi connectivity index (χ0) is 15.1. The fraction of sp³-hybridized carbons (Fsp3) is 1.00. The van der Waals surface area contributed by atoms with Gasteiger partial charge in [-0.05, 0) is 76.0 Å². The average Bonchev–Trinajstić information content (AvgIpc) is 2.64. The molecule has 1 nitrogen and oxygen atoms in total. The average molecular weight is 293 g/mol. The first-order chi connectivity index (χ1) is 10.0. The van der Waals surface area contributed by atoms with E-state index in [2.05, 4.69) is 27.7 Å². The molecule has 5 atom stereocenters. The second kappa shape index (κ2) is 5.87. The lowest BCUT2D eigenvalue weighted by Gasteiger charge is -2.52. The molecule has 3 rings (SSSR count). The van der Waals surface area contributed by atoms with Crippen molar-refractivity contribution < 1.29 is 4.74 Å². The molecule has 1 aliphatic heterocycles. The van der Waals surface area contributed by atoms with Crippen LogP contribution in [0.1, 0.15) is 91.9 Å². The van der Waals surface area contributed by atoms with Crippen molar-refractivity contribution in [2.24, 2.45) is 23.7 Å². The fourth-order valence-electron chi connectivity index (χ4n) is 6.15. The molecule has 3 fully saturated rings. The lowest BCUT2D eigenvalue weighted by atomic mass is 9.55. The first kappa shape index (κ1) is 15.8. The molecule has 2 aliphatic carbocycles. The predicted octanol–water partition coefficient (Wildman–Crippen LogP) is 5.97. The third-order valence-corrected chi connectivity index (χ3v) is 7.17. The van der Waals surface area contributed by atoms with Gasteiger partial charge in [0.15, 0.2) is 0 Å². The van der Waals surface area contributed by atoms with Crippen molar-refractivity contribution in [3.63, 3.8) is 0 Å². The van der Waals surface area contributed by atoms with Gasteiger partial charge in [0.25, 0.3) is 0 Å². The summed E-state index contributed by atoms with van der Waals surface area (Å²) >= 11 is 0. The van der Waals surface area contributed by atoms with Gasteiger partial charge >= 0.3 is 0 Å². The predicted molar refractivity (Wildman–Crippen MR) is 89.4 cm³/mol. The summed E-state index contributed by atoms with van der Waals surface area (Å²) in [5.41, 5.74) is 0.396. The minimum Gasteiger partial charge on any atom is -0.368 e. The van der Waals surface area contributed by atoms with Crippen molar-refractivity contribution >= 4 is 0 Å². The molecule has 2 bridgehead atoms. The highest BCUT2D eigenvalue weighted by molar-refractivity contribution is 5.11. The maximum absolute atomic E-state index is 6.95. The van der Waals surface area contributed by atoms with Crippen LogP contribution >= 0.6 is 0 Å². The number of hydrogen-bond acceptors (Lipinski definition) is 1. The van der Waals surface area contributed by atoms with Crippen LogP contribution in [0, 0.1) is 23.7 Å². The zero-order valence-corrected chi connectivity index (χ0v) is 14.8. The molecule has 2 saturated carbocycles. The molecular formula is C20H36O. The van der Waals surface area contributed by atoms with Crippen LogP contribution in [0.5, 0.6) is 0 Å². The van der Waals surface area contributed by atoms with Gasteiger partial charge in [-0.15, -0.1) is 0 Å². The molecule has 21 heavy (non-hydrogen) atoms. The van der Waals surface area contributed by atoms with Gasteiger partial charge in [0.05, 0.1) is 11.2 Å². The molecule has 1 heterocycles. The van der Waals surface area contributed by atoms with E-state index < -0.39 is 0 Å². The van der Waals surface area contributed by atoms with Crippen molar-refractivity contribution in [1.82, 2.24) is 0 Å². The van der Waals surface area contributed by atoms with Gasteiger partial charge in [-0.3, -0.25) is 0 Å². The van der Waals surface area contributed by atoms with Crippen molar-refractivity contribution in [2.75, 3.05) is 0 Å². The van der Waals surface area contributed by atoms with Gasteiger partial charge in [-0.25, -0.2) is 0 Å². The Morgan fingerprint density at radius 1 is 0.905 bits per heavy atom. The standard InChI is InChI=1S/C20H36O/c1-5-7-9-18-15(8-6-2)10-11-16-12-13-17-14-20(16,18)21-19(17,3)4/h15-18H,5-14H2,1-4H3. The Kier molecular flexibility index (Phi) is 4.43. The number of ether oxygens (including phenoxy) is 1. The second-order valence-electron chi connectivity index (χ2n) is 8.71. The molecule has 0 aromatic carbocycles. The van der Waals surface area contributed by atoms with Crippen molar-refractivity contribution in [3.05, 3.63) is 0 Å². The van der Waals surface area contributed by atoms with E-state index in [4.69, 9.17) is 4.74 Å². The Bertz CT molecular complexity index is 361. The number of rotatable bonds is 5. The van der Waals surface area contributed by atoms with Gasteiger partial charge < -0.3 is 4.74 Å². The molecule has 0 aromatic rings. The van der Waals surface area contributed by atoms with E-state index >= 15 is 0 Å². The molecule has 5 unspecified atom stereocenters. The first-order valence-electron chi connectivity index (χ1n) is 9.73. The summed E-state index contributed by atoms with van der Waals surface area (Å²) in [5.74, 6) is 3.47. The van der Waals surface area contributed by atoms with Crippen LogP contribution < -0.4 is 0 Å². The Hall–Kier alpha value is -0.0400. The lowest BCUT2D eigenvalue weighted by Crippen LogP contribution is -2.53. The summed E-state index contributed by atoms with van der Waals surface area (Å²) in [6.45, 7) is 9.45. The number of unbranched alkanes of at least 4 members (excludes halogenated alkanes) is 1. The molecule has 3 aliphatic rings. The van der Waals surface area contributed by atoms with Gasteiger partial charge in [-0.1, -0.05) is 39.5 Å². The monoisotopic (exact) mass is 292 g/mol. The fourth-order valence-corrected chi connectivity index (χ4v) is 6.15. The van der Waals surface area contributed by atoms with Crippen LogP contribution in [0.15, 0.2) is 0 Å². The van der Waals surface area contributed by atoms with Crippen LogP contribution in [-0.2, 0) is 4.74 Å². The topological polar surface area (TPSA) is 9.23 Å². The van der Waals surface area contributed by atoms with Crippen molar-refractivity contribution in [2.45, 2.75) is 103 Å². The quantitative estimate of drug-likeness (QED) is 0.607. The van der Waals surface area contributed by atoms with Gasteiger partial charge in [0, 0.05) is 0 Å². The van der Waals surface area contributed by atoms with Crippen molar-refractivity contribution in [3.8, 4) is 0 Å².